The van der Waals surface area contributed by atoms with Gasteiger partial charge in [-0.15, -0.1) is 0 Å². The summed E-state index contributed by atoms with van der Waals surface area (Å²) in [6.45, 7) is 0. The fourth-order valence-corrected chi connectivity index (χ4v) is 2.96. The molecule has 0 N–H and O–H groups in total. The minimum atomic E-state index is -0.740. The van der Waals surface area contributed by atoms with Crippen molar-refractivity contribution in [2.45, 2.75) is 0 Å². The molecule has 0 fully saturated rings. The number of ketones is 1. The third kappa shape index (κ3) is 3.80. The van der Waals surface area contributed by atoms with Gasteiger partial charge in [-0.3, -0.25) is 4.79 Å². The molecule has 7 heteroatoms. The molecule has 150 valence electrons. The van der Waals surface area contributed by atoms with E-state index in [4.69, 9.17) is 23.4 Å². The molecule has 0 amide bonds. The lowest BCUT2D eigenvalue weighted by Gasteiger charge is -2.13. The summed E-state index contributed by atoms with van der Waals surface area (Å²) in [5.41, 5.74) is 0.0600. The van der Waals surface area contributed by atoms with Crippen LogP contribution in [0.3, 0.4) is 0 Å². The second-order valence-electron chi connectivity index (χ2n) is 5.95. The van der Waals surface area contributed by atoms with Crippen molar-refractivity contribution in [3.63, 3.8) is 0 Å². The van der Waals surface area contributed by atoms with Gasteiger partial charge in [-0.1, -0.05) is 12.1 Å². The highest BCUT2D eigenvalue weighted by Crippen LogP contribution is 2.40. The second-order valence-corrected chi connectivity index (χ2v) is 5.95. The van der Waals surface area contributed by atoms with Crippen LogP contribution in [-0.4, -0.2) is 34.2 Å². The summed E-state index contributed by atoms with van der Waals surface area (Å²) < 4.78 is 26.5. The van der Waals surface area contributed by atoms with Crippen LogP contribution < -0.4 is 24.6 Å². The molecule has 0 bridgehead atoms. The Hall–Kier alpha value is -3.74. The third-order valence-corrected chi connectivity index (χ3v) is 4.36. The van der Waals surface area contributed by atoms with Crippen molar-refractivity contribution in [3.05, 3.63) is 64.0 Å². The molecule has 2 aromatic carbocycles. The molecule has 0 radical (unpaired) electrons. The van der Waals surface area contributed by atoms with Crippen LogP contribution in [0.1, 0.15) is 15.9 Å². The summed E-state index contributed by atoms with van der Waals surface area (Å²) in [6.07, 6.45) is 2.82. The van der Waals surface area contributed by atoms with Gasteiger partial charge < -0.3 is 23.4 Å². The van der Waals surface area contributed by atoms with Gasteiger partial charge in [-0.05, 0) is 36.4 Å². The highest BCUT2D eigenvalue weighted by Gasteiger charge is 2.16. The average molecular weight is 396 g/mol. The van der Waals surface area contributed by atoms with E-state index in [1.165, 1.54) is 40.6 Å². The molecule has 0 aliphatic rings. The summed E-state index contributed by atoms with van der Waals surface area (Å²) in [5, 5.41) is 0.587. The van der Waals surface area contributed by atoms with E-state index >= 15 is 0 Å². The Labute approximate surface area is 167 Å². The van der Waals surface area contributed by atoms with Gasteiger partial charge in [-0.2, -0.15) is 0 Å². The molecule has 0 aliphatic heterocycles. The zero-order chi connectivity index (χ0) is 21.0. The van der Waals surface area contributed by atoms with Gasteiger partial charge in [-0.25, -0.2) is 4.79 Å². The Morgan fingerprint density at radius 2 is 1.62 bits per heavy atom. The van der Waals surface area contributed by atoms with E-state index in [0.29, 0.717) is 39.5 Å². The number of carbonyl (C=O) groups is 1. The minimum Gasteiger partial charge on any atom is -0.493 e. The molecule has 0 aliphatic carbocycles. The van der Waals surface area contributed by atoms with Crippen molar-refractivity contribution in [3.8, 4) is 23.0 Å². The molecule has 0 atom stereocenters. The van der Waals surface area contributed by atoms with E-state index in [9.17, 15) is 9.59 Å². The first kappa shape index (κ1) is 20.0. The van der Waals surface area contributed by atoms with Crippen LogP contribution in [0.25, 0.3) is 17.0 Å². The zero-order valence-corrected chi connectivity index (χ0v) is 16.5. The van der Waals surface area contributed by atoms with Crippen LogP contribution in [0.5, 0.6) is 23.0 Å². The molecule has 0 saturated heterocycles. The van der Waals surface area contributed by atoms with Crippen molar-refractivity contribution in [2.75, 3.05) is 28.4 Å². The van der Waals surface area contributed by atoms with Crippen LogP contribution in [0.15, 0.2) is 51.7 Å². The third-order valence-electron chi connectivity index (χ3n) is 4.36. The first-order valence-electron chi connectivity index (χ1n) is 8.66. The van der Waals surface area contributed by atoms with E-state index < -0.39 is 11.4 Å². The molecule has 3 aromatic rings. The van der Waals surface area contributed by atoms with Crippen LogP contribution in [0, 0.1) is 0 Å². The normalized spacial score (nSPS) is 10.9. The fourth-order valence-electron chi connectivity index (χ4n) is 2.96. The topological polar surface area (TPSA) is 84.2 Å². The fraction of sp³-hybridized carbons (Fsp3) is 0.182. The highest BCUT2D eigenvalue weighted by molar-refractivity contribution is 6.08. The van der Waals surface area contributed by atoms with Gasteiger partial charge in [0.05, 0.1) is 28.4 Å². The Bertz CT molecular complexity index is 1140. The zero-order valence-electron chi connectivity index (χ0n) is 16.5. The van der Waals surface area contributed by atoms with Crippen molar-refractivity contribution >= 4 is 22.8 Å². The Morgan fingerprint density at radius 1 is 0.897 bits per heavy atom. The van der Waals surface area contributed by atoms with Gasteiger partial charge >= 0.3 is 5.63 Å². The van der Waals surface area contributed by atoms with Crippen molar-refractivity contribution < 1.29 is 28.2 Å². The average Bonchev–Trinajstić information content (AvgIpc) is 2.75. The van der Waals surface area contributed by atoms with Gasteiger partial charge in [0.2, 0.25) is 5.75 Å². The Kier molecular flexibility index (Phi) is 5.87. The number of benzene rings is 2. The quantitative estimate of drug-likeness (QED) is 0.342. The van der Waals surface area contributed by atoms with Gasteiger partial charge in [0.25, 0.3) is 0 Å². The van der Waals surface area contributed by atoms with Gasteiger partial charge in [0.1, 0.15) is 5.56 Å². The summed E-state index contributed by atoms with van der Waals surface area (Å²) in [5.74, 6) is 1.23. The van der Waals surface area contributed by atoms with Crippen molar-refractivity contribution in [1.82, 2.24) is 0 Å². The standard InChI is InChI=1S/C22H20O7/c1-25-17-7-5-6-14-12-15(22(24)29-19(14)17)16(23)10-8-13-9-11-18(26-2)21(28-4)20(13)27-3/h5-12H,1-4H3/b10-8+. The first-order chi connectivity index (χ1) is 14.0. The van der Waals surface area contributed by atoms with Crippen LogP contribution in [-0.2, 0) is 0 Å². The highest BCUT2D eigenvalue weighted by atomic mass is 16.5. The van der Waals surface area contributed by atoms with E-state index in [1.807, 2.05) is 0 Å². The predicted octanol–water partition coefficient (Wildman–Crippen LogP) is 3.72. The minimum absolute atomic E-state index is 0.0820. The number of hydrogen-bond donors (Lipinski definition) is 0. The SMILES string of the molecule is COc1ccc(/C=C/C(=O)c2cc3cccc(OC)c3oc2=O)c(OC)c1OC. The molecule has 0 unspecified atom stereocenters. The number of para-hydroxylation sites is 1. The number of hydrogen-bond acceptors (Lipinski definition) is 7. The Balaban J connectivity index is 2.00. The maximum atomic E-state index is 12.6. The van der Waals surface area contributed by atoms with Crippen LogP contribution in [0.2, 0.25) is 0 Å². The molecule has 7 nitrogen and oxygen atoms in total. The van der Waals surface area contributed by atoms with E-state index in [-0.39, 0.29) is 5.56 Å². The lowest BCUT2D eigenvalue weighted by atomic mass is 10.1. The van der Waals surface area contributed by atoms with Gasteiger partial charge in [0.15, 0.2) is 28.6 Å². The van der Waals surface area contributed by atoms with E-state index in [2.05, 4.69) is 0 Å². The number of methoxy groups -OCH3 is 4. The largest absolute Gasteiger partial charge is 0.493 e. The lowest BCUT2D eigenvalue weighted by molar-refractivity contribution is 0.104. The molecule has 29 heavy (non-hydrogen) atoms. The molecule has 0 spiro atoms. The monoisotopic (exact) mass is 396 g/mol. The maximum Gasteiger partial charge on any atom is 0.347 e. The molecule has 1 aromatic heterocycles. The van der Waals surface area contributed by atoms with Crippen molar-refractivity contribution in [2.24, 2.45) is 0 Å². The number of fused-ring (bicyclic) bond motifs is 1. The number of allylic oxidation sites excluding steroid dienone is 1. The molecule has 1 heterocycles. The maximum absolute atomic E-state index is 12.6. The molecule has 3 rings (SSSR count). The Morgan fingerprint density at radius 3 is 2.28 bits per heavy atom. The summed E-state index contributed by atoms with van der Waals surface area (Å²) >= 11 is 0. The van der Waals surface area contributed by atoms with Crippen LogP contribution in [0.4, 0.5) is 0 Å². The molecular weight excluding hydrogens is 376 g/mol. The van der Waals surface area contributed by atoms with Crippen LogP contribution >= 0.6 is 0 Å². The summed E-state index contributed by atoms with van der Waals surface area (Å²) in [4.78, 5) is 25.0. The van der Waals surface area contributed by atoms with Gasteiger partial charge in [0, 0.05) is 10.9 Å². The second kappa shape index (κ2) is 8.52. The van der Waals surface area contributed by atoms with E-state index in [1.54, 1.807) is 36.4 Å². The number of ether oxygens (including phenoxy) is 4. The number of carbonyl (C=O) groups excluding carboxylic acids is 1. The summed E-state index contributed by atoms with van der Waals surface area (Å²) in [7, 11) is 5.98. The summed E-state index contributed by atoms with van der Waals surface area (Å²) in [6, 6.07) is 10.1. The predicted molar refractivity (Wildman–Crippen MR) is 108 cm³/mol. The number of rotatable bonds is 7. The van der Waals surface area contributed by atoms with Crippen molar-refractivity contribution in [1.29, 1.82) is 0 Å². The lowest BCUT2D eigenvalue weighted by Crippen LogP contribution is -2.12. The first-order valence-corrected chi connectivity index (χ1v) is 8.66. The smallest absolute Gasteiger partial charge is 0.347 e. The van der Waals surface area contributed by atoms with E-state index in [0.717, 1.165) is 0 Å². The molecule has 0 saturated carbocycles. The molecular formula is C22H20O7.